The molecule has 44 heavy (non-hydrogen) atoms. The lowest BCUT2D eigenvalue weighted by molar-refractivity contribution is 0.0953. The Balaban J connectivity index is 1.10. The number of aryl methyl sites for hydroxylation is 1. The molecule has 0 radical (unpaired) electrons. The van der Waals surface area contributed by atoms with Crippen LogP contribution in [0.25, 0.3) is 28.1 Å². The summed E-state index contributed by atoms with van der Waals surface area (Å²) in [7, 11) is 1.71. The summed E-state index contributed by atoms with van der Waals surface area (Å²) in [4.78, 5) is 34.4. The minimum atomic E-state index is -0.447. The zero-order chi connectivity index (χ0) is 30.8. The summed E-state index contributed by atoms with van der Waals surface area (Å²) >= 11 is 0. The van der Waals surface area contributed by atoms with Gasteiger partial charge in [0.05, 0.1) is 24.1 Å². The zero-order valence-electron chi connectivity index (χ0n) is 24.4. The third-order valence-electron chi connectivity index (χ3n) is 7.92. The quantitative estimate of drug-likeness (QED) is 0.156. The molecule has 232 valence electrons. The van der Waals surface area contributed by atoms with E-state index in [9.17, 15) is 9.59 Å². The minimum absolute atomic E-state index is 0.0247. The van der Waals surface area contributed by atoms with Crippen molar-refractivity contribution in [3.63, 3.8) is 0 Å². The van der Waals surface area contributed by atoms with Crippen LogP contribution in [0.1, 0.15) is 10.4 Å². The molecule has 5 aromatic rings. The molecule has 6 rings (SSSR count). The number of nitrogens with zero attached hydrogens (tertiary/aromatic N) is 7. The van der Waals surface area contributed by atoms with Gasteiger partial charge >= 0.3 is 5.69 Å². The number of aromatic nitrogens is 5. The molecular weight excluding hydrogens is 571 g/mol. The number of fused-ring (bicyclic) bond motifs is 3. The van der Waals surface area contributed by atoms with Gasteiger partial charge in [-0.15, -0.1) is 0 Å². The fourth-order valence-electron chi connectivity index (χ4n) is 5.60. The van der Waals surface area contributed by atoms with Crippen molar-refractivity contribution in [1.82, 2.24) is 39.3 Å². The van der Waals surface area contributed by atoms with Gasteiger partial charge < -0.3 is 30.8 Å². The lowest BCUT2D eigenvalue weighted by Crippen LogP contribution is -2.47. The van der Waals surface area contributed by atoms with E-state index in [1.54, 1.807) is 46.7 Å². The van der Waals surface area contributed by atoms with E-state index in [0.29, 0.717) is 92.7 Å². The average molecular weight is 607 g/mol. The molecule has 1 fully saturated rings. The van der Waals surface area contributed by atoms with E-state index >= 15 is 4.39 Å². The first-order chi connectivity index (χ1) is 21.4. The average Bonchev–Trinajstić information content (AvgIpc) is 3.76. The Labute approximate surface area is 251 Å². The molecule has 0 bridgehead atoms. The van der Waals surface area contributed by atoms with Crippen molar-refractivity contribution in [3.8, 4) is 11.5 Å². The number of rotatable bonds is 11. The molecule has 0 atom stereocenters. The number of aliphatic hydroxyl groups is 1. The number of hydrogen-bond donors (Lipinski definition) is 4. The predicted molar refractivity (Wildman–Crippen MR) is 163 cm³/mol. The molecule has 1 aliphatic heterocycles. The number of amides is 1. The standard InChI is InChI=1S/C29H35FN10O4/c1-36-25-23-18-21(24-3-2-16-44-24)35-40(23)28(31)34-26(25)39(29(36)43)14-11-37-9-12-38(13-10-37)22-5-4-19(17-20(22)30)27(42)33-7-6-32-8-15-41/h2-5,16-18,32,41H,6-15H2,1H3,(H2,31,34)(H,33,42). The topological polar surface area (TPSA) is 164 Å². The van der Waals surface area contributed by atoms with E-state index in [4.69, 9.17) is 15.3 Å². The van der Waals surface area contributed by atoms with Gasteiger partial charge in [-0.3, -0.25) is 18.8 Å². The van der Waals surface area contributed by atoms with Crippen LogP contribution in [0.3, 0.4) is 0 Å². The largest absolute Gasteiger partial charge is 0.463 e. The monoisotopic (exact) mass is 606 g/mol. The minimum Gasteiger partial charge on any atom is -0.463 e. The molecule has 0 saturated carbocycles. The Hall–Kier alpha value is -4.73. The Morgan fingerprint density at radius 2 is 1.93 bits per heavy atom. The molecule has 15 heteroatoms. The van der Waals surface area contributed by atoms with Crippen molar-refractivity contribution < 1.29 is 18.7 Å². The van der Waals surface area contributed by atoms with E-state index in [1.807, 2.05) is 11.0 Å². The lowest BCUT2D eigenvalue weighted by Gasteiger charge is -2.36. The van der Waals surface area contributed by atoms with Gasteiger partial charge in [-0.05, 0) is 36.4 Å². The van der Waals surface area contributed by atoms with Crippen LogP contribution in [0.15, 0.2) is 51.9 Å². The van der Waals surface area contributed by atoms with Gasteiger partial charge in [0.2, 0.25) is 5.95 Å². The molecule has 4 aromatic heterocycles. The summed E-state index contributed by atoms with van der Waals surface area (Å²) in [5.41, 5.74) is 9.13. The smallest absolute Gasteiger partial charge is 0.330 e. The molecule has 1 aliphatic rings. The first kappa shape index (κ1) is 29.3. The molecule has 0 aliphatic carbocycles. The first-order valence-corrected chi connectivity index (χ1v) is 14.5. The van der Waals surface area contributed by atoms with Gasteiger partial charge in [-0.25, -0.2) is 9.18 Å². The molecular formula is C29H35FN10O4. The maximum Gasteiger partial charge on any atom is 0.330 e. The number of furan rings is 1. The molecule has 0 spiro atoms. The summed E-state index contributed by atoms with van der Waals surface area (Å²) in [6, 6.07) is 9.95. The lowest BCUT2D eigenvalue weighted by atomic mass is 10.1. The molecule has 5 N–H and O–H groups in total. The number of piperazine rings is 1. The van der Waals surface area contributed by atoms with E-state index in [0.717, 1.165) is 0 Å². The van der Waals surface area contributed by atoms with Gasteiger partial charge in [-0.2, -0.15) is 14.6 Å². The highest BCUT2D eigenvalue weighted by Gasteiger charge is 2.23. The van der Waals surface area contributed by atoms with Gasteiger partial charge in [0, 0.05) is 71.5 Å². The predicted octanol–water partition coefficient (Wildman–Crippen LogP) is 0.498. The van der Waals surface area contributed by atoms with Crippen molar-refractivity contribution >= 4 is 34.2 Å². The van der Waals surface area contributed by atoms with Crippen molar-refractivity contribution in [2.24, 2.45) is 7.05 Å². The second kappa shape index (κ2) is 12.5. The van der Waals surface area contributed by atoms with Gasteiger partial charge in [0.15, 0.2) is 11.4 Å². The number of benzene rings is 1. The number of carbonyl (C=O) groups excluding carboxylic acids is 1. The fourth-order valence-corrected chi connectivity index (χ4v) is 5.60. The van der Waals surface area contributed by atoms with E-state index in [2.05, 4.69) is 25.6 Å². The summed E-state index contributed by atoms with van der Waals surface area (Å²) in [5.74, 6) is -0.0428. The molecule has 1 aromatic carbocycles. The van der Waals surface area contributed by atoms with Crippen LogP contribution in [-0.2, 0) is 13.6 Å². The number of nitrogen functional groups attached to an aromatic ring is 1. The van der Waals surface area contributed by atoms with Crippen LogP contribution in [0.4, 0.5) is 16.0 Å². The first-order valence-electron chi connectivity index (χ1n) is 14.5. The Morgan fingerprint density at radius 3 is 2.66 bits per heavy atom. The molecule has 0 unspecified atom stereocenters. The highest BCUT2D eigenvalue weighted by molar-refractivity contribution is 5.94. The van der Waals surface area contributed by atoms with Crippen molar-refractivity contribution in [2.75, 3.05) is 69.6 Å². The van der Waals surface area contributed by atoms with Crippen molar-refractivity contribution in [2.45, 2.75) is 6.54 Å². The summed E-state index contributed by atoms with van der Waals surface area (Å²) in [6.07, 6.45) is 1.57. The Bertz CT molecular complexity index is 1840. The van der Waals surface area contributed by atoms with E-state index < -0.39 is 5.82 Å². The number of imidazole rings is 1. The van der Waals surface area contributed by atoms with Crippen LogP contribution in [0.2, 0.25) is 0 Å². The summed E-state index contributed by atoms with van der Waals surface area (Å²) < 4.78 is 25.2. The second-order valence-corrected chi connectivity index (χ2v) is 10.7. The third-order valence-corrected chi connectivity index (χ3v) is 7.92. The van der Waals surface area contributed by atoms with Crippen LogP contribution in [0.5, 0.6) is 0 Å². The summed E-state index contributed by atoms with van der Waals surface area (Å²) in [6.45, 7) is 4.92. The highest BCUT2D eigenvalue weighted by Crippen LogP contribution is 2.26. The third kappa shape index (κ3) is 5.64. The number of hydrogen-bond acceptors (Lipinski definition) is 10. The number of nitrogens with two attached hydrogens (primary N) is 1. The second-order valence-electron chi connectivity index (χ2n) is 10.7. The fraction of sp³-hybridized carbons (Fsp3) is 0.379. The van der Waals surface area contributed by atoms with E-state index in [-0.39, 0.29) is 29.7 Å². The van der Waals surface area contributed by atoms with Crippen LogP contribution < -0.4 is 27.0 Å². The van der Waals surface area contributed by atoms with Crippen molar-refractivity contribution in [1.29, 1.82) is 0 Å². The number of nitrogens with one attached hydrogen (secondary N) is 2. The Kier molecular flexibility index (Phi) is 8.32. The maximum absolute atomic E-state index is 15.0. The number of carbonyl (C=O) groups is 1. The van der Waals surface area contributed by atoms with Crippen molar-refractivity contribution in [3.05, 3.63) is 64.5 Å². The van der Waals surface area contributed by atoms with Crippen LogP contribution in [-0.4, -0.2) is 98.6 Å². The van der Waals surface area contributed by atoms with Gasteiger partial charge in [0.25, 0.3) is 5.91 Å². The number of halogens is 1. The maximum atomic E-state index is 15.0. The van der Waals surface area contributed by atoms with Crippen LogP contribution in [0, 0.1) is 5.82 Å². The van der Waals surface area contributed by atoms with Crippen LogP contribution >= 0.6 is 0 Å². The number of aliphatic hydroxyl groups excluding tert-OH is 1. The number of anilines is 2. The molecule has 1 amide bonds. The Morgan fingerprint density at radius 1 is 1.11 bits per heavy atom. The van der Waals surface area contributed by atoms with Gasteiger partial charge in [-0.1, -0.05) is 0 Å². The van der Waals surface area contributed by atoms with Gasteiger partial charge in [0.1, 0.15) is 17.0 Å². The summed E-state index contributed by atoms with van der Waals surface area (Å²) in [5, 5.41) is 19.0. The zero-order valence-corrected chi connectivity index (χ0v) is 24.4. The normalized spacial score (nSPS) is 14.2. The SMILES string of the molecule is Cn1c(=O)n(CCN2CCN(c3ccc(C(=O)NCCNCCO)cc3F)CC2)c2nc(N)n3nc(-c4ccco4)cc3c21. The molecule has 5 heterocycles. The molecule has 14 nitrogen and oxygen atoms in total. The van der Waals surface area contributed by atoms with E-state index in [1.165, 1.54) is 10.6 Å². The highest BCUT2D eigenvalue weighted by atomic mass is 19.1. The molecule has 1 saturated heterocycles.